The van der Waals surface area contributed by atoms with E-state index in [-0.39, 0.29) is 5.82 Å². The van der Waals surface area contributed by atoms with Crippen LogP contribution in [0, 0.1) is 6.92 Å². The Morgan fingerprint density at radius 3 is 2.77 bits per heavy atom. The molecule has 0 fully saturated rings. The van der Waals surface area contributed by atoms with Crippen LogP contribution in [-0.2, 0) is 0 Å². The highest BCUT2D eigenvalue weighted by Crippen LogP contribution is 2.32. The third-order valence-electron chi connectivity index (χ3n) is 1.65. The van der Waals surface area contributed by atoms with Crippen molar-refractivity contribution in [3.63, 3.8) is 0 Å². The van der Waals surface area contributed by atoms with Gasteiger partial charge in [-0.1, -0.05) is 16.8 Å². The van der Waals surface area contributed by atoms with Crippen molar-refractivity contribution in [3.05, 3.63) is 23.1 Å². The van der Waals surface area contributed by atoms with Gasteiger partial charge in [-0.25, -0.2) is 0 Å². The minimum absolute atomic E-state index is 0.190. The zero-order valence-electron chi connectivity index (χ0n) is 6.87. The first-order valence-corrected chi connectivity index (χ1v) is 4.02. The molecule has 2 aromatic rings. The van der Waals surface area contributed by atoms with Crippen LogP contribution >= 0.6 is 11.6 Å². The molecule has 5 heteroatoms. The van der Waals surface area contributed by atoms with Crippen LogP contribution in [0.5, 0.6) is 0 Å². The van der Waals surface area contributed by atoms with E-state index in [1.807, 2.05) is 6.92 Å². The highest BCUT2D eigenvalue weighted by Gasteiger charge is 2.14. The lowest BCUT2D eigenvalue weighted by Crippen LogP contribution is -1.82. The first-order valence-electron chi connectivity index (χ1n) is 3.64. The van der Waals surface area contributed by atoms with Crippen LogP contribution in [0.2, 0.25) is 5.02 Å². The van der Waals surface area contributed by atoms with E-state index in [9.17, 15) is 0 Å². The van der Waals surface area contributed by atoms with Crippen LogP contribution in [0.25, 0.3) is 11.3 Å². The molecule has 0 radical (unpaired) electrons. The lowest BCUT2D eigenvalue weighted by molar-refractivity contribution is 0.435. The highest BCUT2D eigenvalue weighted by molar-refractivity contribution is 6.35. The molecular formula is C8H7ClN2O2. The van der Waals surface area contributed by atoms with Gasteiger partial charge < -0.3 is 14.7 Å². The number of nitrogens with zero attached hydrogens (tertiary/aromatic N) is 1. The summed E-state index contributed by atoms with van der Waals surface area (Å²) in [5, 5.41) is 3.85. The normalized spacial score (nSPS) is 10.6. The Morgan fingerprint density at radius 2 is 2.31 bits per heavy atom. The summed E-state index contributed by atoms with van der Waals surface area (Å²) >= 11 is 5.83. The van der Waals surface area contributed by atoms with E-state index in [4.69, 9.17) is 26.3 Å². The van der Waals surface area contributed by atoms with Crippen molar-refractivity contribution >= 4 is 17.4 Å². The Balaban J connectivity index is 2.52. The number of aryl methyl sites for hydroxylation is 1. The second-order valence-corrected chi connectivity index (χ2v) is 3.03. The van der Waals surface area contributed by atoms with Gasteiger partial charge in [0.05, 0.1) is 5.56 Å². The third kappa shape index (κ3) is 1.29. The summed E-state index contributed by atoms with van der Waals surface area (Å²) in [6.07, 6.45) is 1.54. The summed E-state index contributed by atoms with van der Waals surface area (Å²) in [7, 11) is 0. The van der Waals surface area contributed by atoms with Crippen molar-refractivity contribution in [1.29, 1.82) is 0 Å². The van der Waals surface area contributed by atoms with Gasteiger partial charge in [0.1, 0.15) is 17.0 Å². The standard InChI is InChI=1S/C8H7ClN2O2/c1-4-2-5(3-12-4)7-6(9)8(10)11-13-7/h2-3H,1H3,(H2,10,11). The van der Waals surface area contributed by atoms with Gasteiger partial charge in [0.2, 0.25) is 0 Å². The Morgan fingerprint density at radius 1 is 1.54 bits per heavy atom. The molecule has 2 N–H and O–H groups in total. The number of nitrogen functional groups attached to an aromatic ring is 1. The predicted octanol–water partition coefficient (Wildman–Crippen LogP) is 2.48. The topological polar surface area (TPSA) is 65.2 Å². The zero-order chi connectivity index (χ0) is 9.42. The van der Waals surface area contributed by atoms with Crippen molar-refractivity contribution < 1.29 is 8.94 Å². The van der Waals surface area contributed by atoms with E-state index in [2.05, 4.69) is 5.16 Å². The molecule has 0 aromatic carbocycles. The molecule has 68 valence electrons. The fourth-order valence-corrected chi connectivity index (χ4v) is 1.21. The van der Waals surface area contributed by atoms with Gasteiger partial charge in [0.15, 0.2) is 11.6 Å². The lowest BCUT2D eigenvalue weighted by Gasteiger charge is -1.86. The summed E-state index contributed by atoms with van der Waals surface area (Å²) < 4.78 is 10.0. The fourth-order valence-electron chi connectivity index (χ4n) is 1.03. The van der Waals surface area contributed by atoms with E-state index in [1.165, 1.54) is 0 Å². The minimum Gasteiger partial charge on any atom is -0.469 e. The maximum atomic E-state index is 5.83. The number of furan rings is 1. The summed E-state index contributed by atoms with van der Waals surface area (Å²) in [4.78, 5) is 0. The molecule has 2 aromatic heterocycles. The first-order chi connectivity index (χ1) is 6.18. The average Bonchev–Trinajstić information content (AvgIpc) is 2.62. The number of rotatable bonds is 1. The van der Waals surface area contributed by atoms with Gasteiger partial charge >= 0.3 is 0 Å². The quantitative estimate of drug-likeness (QED) is 0.765. The van der Waals surface area contributed by atoms with Crippen molar-refractivity contribution in [2.75, 3.05) is 5.73 Å². The van der Waals surface area contributed by atoms with Crippen molar-refractivity contribution in [2.24, 2.45) is 0 Å². The second kappa shape index (κ2) is 2.81. The highest BCUT2D eigenvalue weighted by atomic mass is 35.5. The van der Waals surface area contributed by atoms with Crippen molar-refractivity contribution in [3.8, 4) is 11.3 Å². The van der Waals surface area contributed by atoms with E-state index in [0.717, 1.165) is 11.3 Å². The van der Waals surface area contributed by atoms with Gasteiger partial charge in [0.25, 0.3) is 0 Å². The molecule has 0 spiro atoms. The number of halogens is 1. The van der Waals surface area contributed by atoms with E-state index in [1.54, 1.807) is 12.3 Å². The van der Waals surface area contributed by atoms with Crippen molar-refractivity contribution in [2.45, 2.75) is 6.92 Å². The molecule has 0 amide bonds. The summed E-state index contributed by atoms with van der Waals surface area (Å²) in [6.45, 7) is 1.83. The number of hydrogen-bond acceptors (Lipinski definition) is 4. The molecule has 4 nitrogen and oxygen atoms in total. The zero-order valence-corrected chi connectivity index (χ0v) is 7.63. The molecule has 13 heavy (non-hydrogen) atoms. The summed E-state index contributed by atoms with van der Waals surface area (Å²) in [5.74, 6) is 1.41. The largest absolute Gasteiger partial charge is 0.469 e. The molecule has 2 rings (SSSR count). The molecule has 2 heterocycles. The number of hydrogen-bond donors (Lipinski definition) is 1. The number of anilines is 1. The maximum Gasteiger partial charge on any atom is 0.190 e. The third-order valence-corrected chi connectivity index (χ3v) is 2.02. The van der Waals surface area contributed by atoms with Gasteiger partial charge in [-0.15, -0.1) is 0 Å². The van der Waals surface area contributed by atoms with Crippen molar-refractivity contribution in [1.82, 2.24) is 5.16 Å². The molecule has 0 saturated heterocycles. The average molecular weight is 199 g/mol. The van der Waals surface area contributed by atoms with Crippen LogP contribution < -0.4 is 5.73 Å². The van der Waals surface area contributed by atoms with Crippen LogP contribution in [0.1, 0.15) is 5.76 Å². The molecule has 0 aliphatic carbocycles. The van der Waals surface area contributed by atoms with Crippen LogP contribution in [-0.4, -0.2) is 5.16 Å². The van der Waals surface area contributed by atoms with Gasteiger partial charge in [-0.2, -0.15) is 0 Å². The van der Waals surface area contributed by atoms with Crippen LogP contribution in [0.4, 0.5) is 5.82 Å². The maximum absolute atomic E-state index is 5.83. The van der Waals surface area contributed by atoms with Gasteiger partial charge in [-0.3, -0.25) is 0 Å². The smallest absolute Gasteiger partial charge is 0.190 e. The lowest BCUT2D eigenvalue weighted by atomic mass is 10.2. The number of aromatic nitrogens is 1. The Bertz CT molecular complexity index is 433. The summed E-state index contributed by atoms with van der Waals surface area (Å²) in [5.41, 5.74) is 6.16. The number of nitrogens with two attached hydrogens (primary N) is 1. The van der Waals surface area contributed by atoms with Gasteiger partial charge in [0, 0.05) is 0 Å². The molecule has 0 atom stereocenters. The molecule has 0 aliphatic rings. The Hall–Kier alpha value is -1.42. The molecule has 0 aliphatic heterocycles. The Kier molecular flexibility index (Phi) is 1.77. The van der Waals surface area contributed by atoms with Crippen LogP contribution in [0.3, 0.4) is 0 Å². The summed E-state index contributed by atoms with van der Waals surface area (Å²) in [6, 6.07) is 1.80. The monoisotopic (exact) mass is 198 g/mol. The Labute approximate surface area is 79.3 Å². The van der Waals surface area contributed by atoms with Crippen LogP contribution in [0.15, 0.2) is 21.3 Å². The fraction of sp³-hybridized carbons (Fsp3) is 0.125. The predicted molar refractivity (Wildman–Crippen MR) is 48.4 cm³/mol. The second-order valence-electron chi connectivity index (χ2n) is 2.66. The van der Waals surface area contributed by atoms with E-state index in [0.29, 0.717) is 10.8 Å². The van der Waals surface area contributed by atoms with Gasteiger partial charge in [-0.05, 0) is 13.0 Å². The SMILES string of the molecule is Cc1cc(-c2onc(N)c2Cl)co1. The molecular weight excluding hydrogens is 192 g/mol. The minimum atomic E-state index is 0.190. The first kappa shape index (κ1) is 8.19. The van der Waals surface area contributed by atoms with E-state index >= 15 is 0 Å². The molecule has 0 unspecified atom stereocenters. The molecule has 0 bridgehead atoms. The molecule has 0 saturated carbocycles. The van der Waals surface area contributed by atoms with E-state index < -0.39 is 0 Å².